The largest absolute Gasteiger partial charge is 0.497 e. The van der Waals surface area contributed by atoms with Crippen LogP contribution in [0, 0.1) is 10.1 Å². The van der Waals surface area contributed by atoms with Gasteiger partial charge < -0.3 is 9.47 Å². The van der Waals surface area contributed by atoms with Gasteiger partial charge in [0.2, 0.25) is 0 Å². The molecule has 6 nitrogen and oxygen atoms in total. The van der Waals surface area contributed by atoms with E-state index < -0.39 is 10.9 Å². The quantitative estimate of drug-likeness (QED) is 0.155. The number of hydrogen-bond donors (Lipinski definition) is 0. The van der Waals surface area contributed by atoms with Crippen LogP contribution in [-0.2, 0) is 4.79 Å². The van der Waals surface area contributed by atoms with Gasteiger partial charge in [0.15, 0.2) is 0 Å². The van der Waals surface area contributed by atoms with Crippen molar-refractivity contribution in [1.82, 2.24) is 0 Å². The van der Waals surface area contributed by atoms with Crippen LogP contribution in [0.1, 0.15) is 11.1 Å². The van der Waals surface area contributed by atoms with Gasteiger partial charge in [0, 0.05) is 18.2 Å². The number of nitrogens with zero attached hydrogens (tertiary/aromatic N) is 1. The third-order valence-corrected chi connectivity index (χ3v) is 3.97. The SMILES string of the molecule is COc1cccc(OC(=O)C(=Cc2ccc([N+](=O)[O-])cc2)c2ccccc2)c1. The minimum atomic E-state index is -0.544. The molecule has 0 atom stereocenters. The van der Waals surface area contributed by atoms with Crippen LogP contribution < -0.4 is 9.47 Å². The highest BCUT2D eigenvalue weighted by molar-refractivity contribution is 6.22. The summed E-state index contributed by atoms with van der Waals surface area (Å²) in [5.41, 5.74) is 1.63. The Morgan fingerprint density at radius 3 is 2.25 bits per heavy atom. The minimum absolute atomic E-state index is 0.0163. The van der Waals surface area contributed by atoms with Gasteiger partial charge in [-0.1, -0.05) is 36.4 Å². The fourth-order valence-corrected chi connectivity index (χ4v) is 2.56. The Labute approximate surface area is 161 Å². The molecule has 0 amide bonds. The maximum absolute atomic E-state index is 12.9. The lowest BCUT2D eigenvalue weighted by Crippen LogP contribution is -2.10. The number of benzene rings is 3. The number of carbonyl (C=O) groups excluding carboxylic acids is 1. The molecule has 0 radical (unpaired) electrons. The second kappa shape index (κ2) is 8.64. The lowest BCUT2D eigenvalue weighted by atomic mass is 10.0. The number of ether oxygens (including phenoxy) is 2. The Kier molecular flexibility index (Phi) is 5.81. The molecule has 0 bridgehead atoms. The molecule has 0 aromatic heterocycles. The van der Waals surface area contributed by atoms with Crippen LogP contribution in [0.5, 0.6) is 11.5 Å². The van der Waals surface area contributed by atoms with Crippen molar-refractivity contribution in [2.75, 3.05) is 7.11 Å². The molecule has 0 saturated carbocycles. The molecule has 0 N–H and O–H groups in total. The molecule has 28 heavy (non-hydrogen) atoms. The smallest absolute Gasteiger partial charge is 0.344 e. The molecular weight excluding hydrogens is 358 g/mol. The maximum Gasteiger partial charge on any atom is 0.344 e. The highest BCUT2D eigenvalue weighted by Crippen LogP contribution is 2.24. The van der Waals surface area contributed by atoms with E-state index in [9.17, 15) is 14.9 Å². The molecule has 0 spiro atoms. The molecular formula is C22H17NO5. The van der Waals surface area contributed by atoms with Gasteiger partial charge in [-0.3, -0.25) is 10.1 Å². The zero-order valence-electron chi connectivity index (χ0n) is 15.1. The van der Waals surface area contributed by atoms with E-state index in [-0.39, 0.29) is 5.69 Å². The molecule has 0 aliphatic heterocycles. The summed E-state index contributed by atoms with van der Waals surface area (Å²) in [6.07, 6.45) is 1.64. The molecule has 3 aromatic rings. The number of non-ortho nitro benzene ring substituents is 1. The van der Waals surface area contributed by atoms with Crippen molar-refractivity contribution >= 4 is 23.3 Å². The van der Waals surface area contributed by atoms with E-state index in [0.717, 1.165) is 0 Å². The molecule has 0 fully saturated rings. The molecule has 0 aliphatic rings. The van der Waals surface area contributed by atoms with Crippen molar-refractivity contribution in [2.24, 2.45) is 0 Å². The average molecular weight is 375 g/mol. The Hall–Kier alpha value is -3.93. The highest BCUT2D eigenvalue weighted by Gasteiger charge is 2.15. The third-order valence-electron chi connectivity index (χ3n) is 3.97. The molecule has 0 aliphatic carbocycles. The molecule has 0 unspecified atom stereocenters. The predicted octanol–water partition coefficient (Wildman–Crippen LogP) is 4.75. The van der Waals surface area contributed by atoms with Gasteiger partial charge in [-0.2, -0.15) is 0 Å². The first-order valence-electron chi connectivity index (χ1n) is 8.44. The fourth-order valence-electron chi connectivity index (χ4n) is 2.56. The van der Waals surface area contributed by atoms with Crippen LogP contribution in [0.2, 0.25) is 0 Å². The first kappa shape index (κ1) is 18.8. The fraction of sp³-hybridized carbons (Fsp3) is 0.0455. The summed E-state index contributed by atoms with van der Waals surface area (Å²) < 4.78 is 10.7. The molecule has 0 heterocycles. The van der Waals surface area contributed by atoms with E-state index >= 15 is 0 Å². The number of rotatable bonds is 6. The first-order valence-corrected chi connectivity index (χ1v) is 8.44. The van der Waals surface area contributed by atoms with Crippen molar-refractivity contribution in [2.45, 2.75) is 0 Å². The number of nitro groups is 1. The third kappa shape index (κ3) is 4.62. The zero-order valence-corrected chi connectivity index (χ0v) is 15.1. The summed E-state index contributed by atoms with van der Waals surface area (Å²) in [4.78, 5) is 23.2. The summed E-state index contributed by atoms with van der Waals surface area (Å²) >= 11 is 0. The van der Waals surface area contributed by atoms with Crippen LogP contribution in [0.25, 0.3) is 11.6 Å². The summed E-state index contributed by atoms with van der Waals surface area (Å²) in [7, 11) is 1.53. The van der Waals surface area contributed by atoms with E-state index in [2.05, 4.69) is 0 Å². The number of hydrogen-bond acceptors (Lipinski definition) is 5. The number of nitro benzene ring substituents is 1. The van der Waals surface area contributed by atoms with Gasteiger partial charge in [-0.05, 0) is 41.5 Å². The first-order chi connectivity index (χ1) is 13.6. The summed E-state index contributed by atoms with van der Waals surface area (Å²) in [5, 5.41) is 10.8. The lowest BCUT2D eigenvalue weighted by Gasteiger charge is -2.10. The van der Waals surface area contributed by atoms with Crippen LogP contribution in [0.4, 0.5) is 5.69 Å². The summed E-state index contributed by atoms with van der Waals surface area (Å²) in [5.74, 6) is 0.388. The molecule has 140 valence electrons. The van der Waals surface area contributed by atoms with Crippen molar-refractivity contribution in [3.05, 3.63) is 100 Å². The molecule has 3 rings (SSSR count). The standard InChI is InChI=1S/C22H17NO5/c1-27-19-8-5-9-20(15-19)28-22(24)21(17-6-3-2-4-7-17)14-16-10-12-18(13-11-16)23(25)26/h2-15H,1H3. The van der Waals surface area contributed by atoms with Gasteiger partial charge >= 0.3 is 5.97 Å². The maximum atomic E-state index is 12.9. The summed E-state index contributed by atoms with van der Waals surface area (Å²) in [6.45, 7) is 0. The Balaban J connectivity index is 1.94. The molecule has 6 heteroatoms. The van der Waals surface area contributed by atoms with Crippen LogP contribution in [-0.4, -0.2) is 18.0 Å². The highest BCUT2D eigenvalue weighted by atomic mass is 16.6. The predicted molar refractivity (Wildman–Crippen MR) is 106 cm³/mol. The zero-order chi connectivity index (χ0) is 19.9. The normalized spacial score (nSPS) is 11.0. The van der Waals surface area contributed by atoms with Crippen LogP contribution >= 0.6 is 0 Å². The Bertz CT molecular complexity index is 1010. The van der Waals surface area contributed by atoms with Crippen molar-refractivity contribution < 1.29 is 19.2 Å². The number of carbonyl (C=O) groups is 1. The van der Waals surface area contributed by atoms with Gasteiger partial charge in [0.05, 0.1) is 17.6 Å². The van der Waals surface area contributed by atoms with Gasteiger partial charge in [-0.15, -0.1) is 0 Å². The van der Waals surface area contributed by atoms with E-state index in [0.29, 0.717) is 28.2 Å². The minimum Gasteiger partial charge on any atom is -0.497 e. The number of esters is 1. The second-order valence-corrected chi connectivity index (χ2v) is 5.84. The molecule has 3 aromatic carbocycles. The van der Waals surface area contributed by atoms with Crippen LogP contribution in [0.15, 0.2) is 78.9 Å². The Morgan fingerprint density at radius 2 is 1.61 bits per heavy atom. The summed E-state index contributed by atoms with van der Waals surface area (Å²) in [6, 6.07) is 21.8. The van der Waals surface area contributed by atoms with E-state index in [1.54, 1.807) is 54.6 Å². The lowest BCUT2D eigenvalue weighted by molar-refractivity contribution is -0.384. The van der Waals surface area contributed by atoms with Crippen molar-refractivity contribution in [3.8, 4) is 11.5 Å². The number of methoxy groups -OCH3 is 1. The van der Waals surface area contributed by atoms with Crippen molar-refractivity contribution in [3.63, 3.8) is 0 Å². The van der Waals surface area contributed by atoms with E-state index in [1.165, 1.54) is 19.2 Å². The average Bonchev–Trinajstić information content (AvgIpc) is 2.73. The Morgan fingerprint density at radius 1 is 0.929 bits per heavy atom. The van der Waals surface area contributed by atoms with Gasteiger partial charge in [-0.25, -0.2) is 4.79 Å². The van der Waals surface area contributed by atoms with Gasteiger partial charge in [0.1, 0.15) is 11.5 Å². The second-order valence-electron chi connectivity index (χ2n) is 5.84. The topological polar surface area (TPSA) is 78.7 Å². The van der Waals surface area contributed by atoms with Crippen molar-refractivity contribution in [1.29, 1.82) is 0 Å². The van der Waals surface area contributed by atoms with E-state index in [4.69, 9.17) is 9.47 Å². The van der Waals surface area contributed by atoms with Crippen LogP contribution in [0.3, 0.4) is 0 Å². The molecule has 0 saturated heterocycles. The van der Waals surface area contributed by atoms with E-state index in [1.807, 2.05) is 18.2 Å². The monoisotopic (exact) mass is 375 g/mol. The van der Waals surface area contributed by atoms with Gasteiger partial charge in [0.25, 0.3) is 5.69 Å².